The zero-order valence-electron chi connectivity index (χ0n) is 14.0. The number of aryl methyl sites for hydroxylation is 1. The van der Waals surface area contributed by atoms with E-state index >= 15 is 0 Å². The fourth-order valence-corrected chi connectivity index (χ4v) is 4.05. The highest BCUT2D eigenvalue weighted by Crippen LogP contribution is 2.35. The predicted octanol–water partition coefficient (Wildman–Crippen LogP) is 3.46. The molecule has 3 nitrogen and oxygen atoms in total. The second-order valence-electron chi connectivity index (χ2n) is 6.84. The lowest BCUT2D eigenvalue weighted by molar-refractivity contribution is -0.131. The summed E-state index contributed by atoms with van der Waals surface area (Å²) in [7, 11) is 0. The van der Waals surface area contributed by atoms with Gasteiger partial charge in [0.2, 0.25) is 5.91 Å². The van der Waals surface area contributed by atoms with Crippen LogP contribution < -0.4 is 4.90 Å². The summed E-state index contributed by atoms with van der Waals surface area (Å²) in [6.45, 7) is 3.53. The van der Waals surface area contributed by atoms with E-state index in [9.17, 15) is 4.79 Å². The molecule has 1 amide bonds. The molecule has 4 rings (SSSR count). The summed E-state index contributed by atoms with van der Waals surface area (Å²) in [6.07, 6.45) is 2.91. The monoisotopic (exact) mass is 320 g/mol. The van der Waals surface area contributed by atoms with E-state index < -0.39 is 0 Å². The lowest BCUT2D eigenvalue weighted by Gasteiger charge is -2.36. The van der Waals surface area contributed by atoms with Gasteiger partial charge in [0.25, 0.3) is 0 Å². The van der Waals surface area contributed by atoms with Gasteiger partial charge in [-0.2, -0.15) is 0 Å². The van der Waals surface area contributed by atoms with Crippen LogP contribution in [0.1, 0.15) is 29.9 Å². The number of para-hydroxylation sites is 1. The number of anilines is 1. The van der Waals surface area contributed by atoms with Gasteiger partial charge in [0.05, 0.1) is 0 Å². The van der Waals surface area contributed by atoms with Gasteiger partial charge in [-0.3, -0.25) is 4.79 Å². The molecule has 1 heterocycles. The highest BCUT2D eigenvalue weighted by atomic mass is 16.2. The average Bonchev–Trinajstić information content (AvgIpc) is 3.06. The number of hydrogen-bond donors (Lipinski definition) is 0. The SMILES string of the molecule is O=C(CC1CCc2ccccc21)N1CCN(c2ccccc2)CC1. The van der Waals surface area contributed by atoms with Gasteiger partial charge in [0, 0.05) is 38.3 Å². The molecule has 2 aromatic rings. The first kappa shape index (κ1) is 15.3. The van der Waals surface area contributed by atoms with Crippen molar-refractivity contribution in [3.05, 3.63) is 65.7 Å². The van der Waals surface area contributed by atoms with Crippen molar-refractivity contribution in [3.8, 4) is 0 Å². The standard InChI is InChI=1S/C21H24N2O/c24-21(16-18-11-10-17-6-4-5-9-20(17)18)23-14-12-22(13-15-23)19-7-2-1-3-8-19/h1-9,18H,10-16H2. The summed E-state index contributed by atoms with van der Waals surface area (Å²) in [6, 6.07) is 19.1. The fourth-order valence-electron chi connectivity index (χ4n) is 4.05. The van der Waals surface area contributed by atoms with Crippen LogP contribution in [0.25, 0.3) is 0 Å². The van der Waals surface area contributed by atoms with E-state index in [-0.39, 0.29) is 0 Å². The van der Waals surface area contributed by atoms with Crippen LogP contribution in [0.2, 0.25) is 0 Å². The molecule has 1 aliphatic heterocycles. The summed E-state index contributed by atoms with van der Waals surface area (Å²) in [5, 5.41) is 0. The first-order valence-corrected chi connectivity index (χ1v) is 8.97. The Kier molecular flexibility index (Phi) is 4.24. The smallest absolute Gasteiger partial charge is 0.223 e. The molecule has 0 radical (unpaired) electrons. The molecule has 0 aromatic heterocycles. The maximum absolute atomic E-state index is 12.7. The van der Waals surface area contributed by atoms with Crippen LogP contribution in [0.3, 0.4) is 0 Å². The minimum atomic E-state index is 0.324. The van der Waals surface area contributed by atoms with Crippen LogP contribution in [0.15, 0.2) is 54.6 Å². The van der Waals surface area contributed by atoms with E-state index in [0.717, 1.165) is 39.0 Å². The van der Waals surface area contributed by atoms with Crippen molar-refractivity contribution in [2.45, 2.75) is 25.2 Å². The van der Waals surface area contributed by atoms with Crippen LogP contribution in [0.5, 0.6) is 0 Å². The van der Waals surface area contributed by atoms with Crippen LogP contribution in [0.4, 0.5) is 5.69 Å². The Hall–Kier alpha value is -2.29. The van der Waals surface area contributed by atoms with Gasteiger partial charge in [0.1, 0.15) is 0 Å². The fraction of sp³-hybridized carbons (Fsp3) is 0.381. The van der Waals surface area contributed by atoms with Gasteiger partial charge in [-0.05, 0) is 42.0 Å². The van der Waals surface area contributed by atoms with Crippen LogP contribution >= 0.6 is 0 Å². The zero-order valence-corrected chi connectivity index (χ0v) is 14.0. The highest BCUT2D eigenvalue weighted by Gasteiger charge is 2.28. The molecular weight excluding hydrogens is 296 g/mol. The number of amides is 1. The first-order valence-electron chi connectivity index (χ1n) is 8.97. The maximum Gasteiger partial charge on any atom is 0.223 e. The third-order valence-corrected chi connectivity index (χ3v) is 5.43. The molecule has 1 aliphatic carbocycles. The third-order valence-electron chi connectivity index (χ3n) is 5.43. The highest BCUT2D eigenvalue weighted by molar-refractivity contribution is 5.77. The molecule has 0 spiro atoms. The van der Waals surface area contributed by atoms with Crippen molar-refractivity contribution >= 4 is 11.6 Å². The third kappa shape index (κ3) is 3.03. The van der Waals surface area contributed by atoms with Crippen molar-refractivity contribution in [1.82, 2.24) is 4.90 Å². The number of carbonyl (C=O) groups excluding carboxylic acids is 1. The van der Waals surface area contributed by atoms with Crippen molar-refractivity contribution in [2.75, 3.05) is 31.1 Å². The number of piperazine rings is 1. The Morgan fingerprint density at radius 3 is 2.42 bits per heavy atom. The molecule has 1 saturated heterocycles. The molecule has 0 bridgehead atoms. The Morgan fingerprint density at radius 2 is 1.62 bits per heavy atom. The van der Waals surface area contributed by atoms with Gasteiger partial charge in [0.15, 0.2) is 0 Å². The Labute approximate surface area is 143 Å². The maximum atomic E-state index is 12.7. The van der Waals surface area contributed by atoms with Crippen molar-refractivity contribution < 1.29 is 4.79 Å². The number of carbonyl (C=O) groups is 1. The molecule has 1 fully saturated rings. The summed E-state index contributed by atoms with van der Waals surface area (Å²) >= 11 is 0. The lowest BCUT2D eigenvalue weighted by Crippen LogP contribution is -2.49. The minimum Gasteiger partial charge on any atom is -0.368 e. The number of fused-ring (bicyclic) bond motifs is 1. The molecule has 3 heteroatoms. The van der Waals surface area contributed by atoms with E-state index in [4.69, 9.17) is 0 Å². The summed E-state index contributed by atoms with van der Waals surface area (Å²) < 4.78 is 0. The Morgan fingerprint density at radius 1 is 0.917 bits per heavy atom. The average molecular weight is 320 g/mol. The van der Waals surface area contributed by atoms with Gasteiger partial charge in [-0.25, -0.2) is 0 Å². The Balaban J connectivity index is 1.34. The van der Waals surface area contributed by atoms with Crippen LogP contribution in [0, 0.1) is 0 Å². The molecule has 0 saturated carbocycles. The van der Waals surface area contributed by atoms with E-state index in [0.29, 0.717) is 18.2 Å². The van der Waals surface area contributed by atoms with Gasteiger partial charge >= 0.3 is 0 Å². The lowest BCUT2D eigenvalue weighted by atomic mass is 9.97. The number of rotatable bonds is 3. The van der Waals surface area contributed by atoms with Crippen molar-refractivity contribution in [2.24, 2.45) is 0 Å². The number of hydrogen-bond acceptors (Lipinski definition) is 2. The molecule has 0 N–H and O–H groups in total. The molecule has 24 heavy (non-hydrogen) atoms. The van der Waals surface area contributed by atoms with Crippen molar-refractivity contribution in [3.63, 3.8) is 0 Å². The van der Waals surface area contributed by atoms with Crippen LogP contribution in [-0.4, -0.2) is 37.0 Å². The van der Waals surface area contributed by atoms with Crippen molar-refractivity contribution in [1.29, 1.82) is 0 Å². The normalized spacial score (nSPS) is 20.1. The first-order chi connectivity index (χ1) is 11.8. The predicted molar refractivity (Wildman–Crippen MR) is 97.4 cm³/mol. The molecule has 124 valence electrons. The molecule has 2 aliphatic rings. The van der Waals surface area contributed by atoms with E-state index in [1.807, 2.05) is 6.07 Å². The Bertz CT molecular complexity index is 705. The quantitative estimate of drug-likeness (QED) is 0.865. The zero-order chi connectivity index (χ0) is 16.4. The number of benzene rings is 2. The minimum absolute atomic E-state index is 0.324. The van der Waals surface area contributed by atoms with E-state index in [1.54, 1.807) is 0 Å². The summed E-state index contributed by atoms with van der Waals surface area (Å²) in [5.74, 6) is 0.741. The number of nitrogens with zero attached hydrogens (tertiary/aromatic N) is 2. The topological polar surface area (TPSA) is 23.6 Å². The largest absolute Gasteiger partial charge is 0.368 e. The van der Waals surface area contributed by atoms with Gasteiger partial charge in [-0.1, -0.05) is 42.5 Å². The van der Waals surface area contributed by atoms with E-state index in [1.165, 1.54) is 16.8 Å². The molecular formula is C21H24N2O. The molecule has 2 aromatic carbocycles. The molecule has 1 atom stereocenters. The van der Waals surface area contributed by atoms with Crippen LogP contribution in [-0.2, 0) is 11.2 Å². The molecule has 1 unspecified atom stereocenters. The van der Waals surface area contributed by atoms with E-state index in [2.05, 4.69) is 58.3 Å². The second kappa shape index (κ2) is 6.68. The summed E-state index contributed by atoms with van der Waals surface area (Å²) in [5.41, 5.74) is 4.09. The van der Waals surface area contributed by atoms with Gasteiger partial charge in [-0.15, -0.1) is 0 Å². The van der Waals surface area contributed by atoms with Gasteiger partial charge < -0.3 is 9.80 Å². The summed E-state index contributed by atoms with van der Waals surface area (Å²) in [4.78, 5) is 17.1. The second-order valence-corrected chi connectivity index (χ2v) is 6.84.